The fourth-order valence-corrected chi connectivity index (χ4v) is 3.07. The summed E-state index contributed by atoms with van der Waals surface area (Å²) >= 11 is 6.10. The van der Waals surface area contributed by atoms with Crippen LogP contribution in [0.15, 0.2) is 61.3 Å². The van der Waals surface area contributed by atoms with E-state index in [-0.39, 0.29) is 0 Å². The van der Waals surface area contributed by atoms with Crippen molar-refractivity contribution in [2.45, 2.75) is 0 Å². The van der Waals surface area contributed by atoms with Crippen molar-refractivity contribution in [3.8, 4) is 5.75 Å². The van der Waals surface area contributed by atoms with Gasteiger partial charge in [-0.3, -0.25) is 0 Å². The summed E-state index contributed by atoms with van der Waals surface area (Å²) in [5.74, 6) is 0.817. The van der Waals surface area contributed by atoms with Crippen molar-refractivity contribution in [2.24, 2.45) is 0 Å². The Morgan fingerprint density at radius 1 is 1.08 bits per heavy atom. The predicted octanol–water partition coefficient (Wildman–Crippen LogP) is 5.44. The quantitative estimate of drug-likeness (QED) is 0.541. The summed E-state index contributed by atoms with van der Waals surface area (Å²) in [6, 6.07) is 16.1. The maximum Gasteiger partial charge on any atom is 0.138 e. The number of hydrogen-bond acceptors (Lipinski definition) is 2. The van der Waals surface area contributed by atoms with Gasteiger partial charge in [0, 0.05) is 22.5 Å². The van der Waals surface area contributed by atoms with E-state index in [0.29, 0.717) is 5.02 Å². The van der Waals surface area contributed by atoms with Crippen LogP contribution in [0, 0.1) is 0 Å². The molecule has 0 bridgehead atoms. The van der Waals surface area contributed by atoms with Crippen molar-refractivity contribution >= 4 is 39.1 Å². The molecule has 118 valence electrons. The highest BCUT2D eigenvalue weighted by Gasteiger charge is 2.09. The van der Waals surface area contributed by atoms with Crippen LogP contribution < -0.4 is 4.74 Å². The summed E-state index contributed by atoms with van der Waals surface area (Å²) in [6.45, 7) is 4.25. The molecule has 0 aliphatic rings. The number of H-pyrrole nitrogens is 1. The third-order valence-electron chi connectivity index (χ3n) is 4.18. The molecule has 0 spiro atoms. The summed E-state index contributed by atoms with van der Waals surface area (Å²) in [7, 11) is 1.66. The molecule has 0 aliphatic carbocycles. The zero-order valence-electron chi connectivity index (χ0n) is 13.1. The number of fused-ring (bicyclic) bond motifs is 3. The first-order valence-corrected chi connectivity index (χ1v) is 7.94. The van der Waals surface area contributed by atoms with Crippen LogP contribution in [0.25, 0.3) is 27.5 Å². The summed E-state index contributed by atoms with van der Waals surface area (Å²) in [6.07, 6.45) is 1.65. The van der Waals surface area contributed by atoms with Gasteiger partial charge in [-0.1, -0.05) is 36.4 Å². The zero-order chi connectivity index (χ0) is 16.7. The standard InChI is InChI=1S/C20H15ClN2O/c1-12(13-4-3-5-16(8-13)24-2)14-6-7-19-17(9-14)18-10-15(21)11-22-20(18)23-19/h3-11H,1H2,2H3,(H,22,23). The molecule has 0 fully saturated rings. The molecule has 1 N–H and O–H groups in total. The fourth-order valence-electron chi connectivity index (χ4n) is 2.91. The Morgan fingerprint density at radius 2 is 1.92 bits per heavy atom. The molecule has 3 nitrogen and oxygen atoms in total. The summed E-state index contributed by atoms with van der Waals surface area (Å²) in [4.78, 5) is 7.66. The van der Waals surface area contributed by atoms with Crippen LogP contribution in [0.4, 0.5) is 0 Å². The van der Waals surface area contributed by atoms with Gasteiger partial charge in [-0.15, -0.1) is 0 Å². The van der Waals surface area contributed by atoms with Crippen LogP contribution in [-0.4, -0.2) is 17.1 Å². The molecular formula is C20H15ClN2O. The number of ether oxygens (including phenoxy) is 1. The molecule has 2 aromatic carbocycles. The number of halogens is 1. The van der Waals surface area contributed by atoms with Gasteiger partial charge >= 0.3 is 0 Å². The number of benzene rings is 2. The van der Waals surface area contributed by atoms with Crippen LogP contribution in [0.3, 0.4) is 0 Å². The van der Waals surface area contributed by atoms with Crippen molar-refractivity contribution in [1.82, 2.24) is 9.97 Å². The predicted molar refractivity (Wildman–Crippen MR) is 99.7 cm³/mol. The van der Waals surface area contributed by atoms with Crippen LogP contribution in [0.1, 0.15) is 11.1 Å². The average Bonchev–Trinajstić information content (AvgIpc) is 2.98. The number of nitrogens with one attached hydrogen (secondary N) is 1. The second-order valence-electron chi connectivity index (χ2n) is 5.65. The molecule has 4 rings (SSSR count). The maximum atomic E-state index is 6.10. The Bertz CT molecular complexity index is 1080. The maximum absolute atomic E-state index is 6.10. The lowest BCUT2D eigenvalue weighted by atomic mass is 9.98. The number of nitrogens with zero attached hydrogens (tertiary/aromatic N) is 1. The highest BCUT2D eigenvalue weighted by Crippen LogP contribution is 2.31. The molecule has 0 saturated carbocycles. The highest BCUT2D eigenvalue weighted by atomic mass is 35.5. The smallest absolute Gasteiger partial charge is 0.138 e. The van der Waals surface area contributed by atoms with E-state index in [2.05, 4.69) is 28.7 Å². The van der Waals surface area contributed by atoms with E-state index in [0.717, 1.165) is 44.4 Å². The van der Waals surface area contributed by atoms with Gasteiger partial charge in [0.15, 0.2) is 0 Å². The first kappa shape index (κ1) is 14.8. The van der Waals surface area contributed by atoms with E-state index >= 15 is 0 Å². The van der Waals surface area contributed by atoms with Crippen molar-refractivity contribution in [3.05, 3.63) is 77.5 Å². The van der Waals surface area contributed by atoms with Gasteiger partial charge in [0.1, 0.15) is 11.4 Å². The molecule has 24 heavy (non-hydrogen) atoms. The number of aromatic amines is 1. The Morgan fingerprint density at radius 3 is 2.75 bits per heavy atom. The molecule has 4 aromatic rings. The van der Waals surface area contributed by atoms with Crippen molar-refractivity contribution in [2.75, 3.05) is 7.11 Å². The minimum atomic E-state index is 0.625. The third kappa shape index (κ3) is 2.43. The number of methoxy groups -OCH3 is 1. The fraction of sp³-hybridized carbons (Fsp3) is 0.0500. The third-order valence-corrected chi connectivity index (χ3v) is 4.39. The lowest BCUT2D eigenvalue weighted by Gasteiger charge is -2.08. The lowest BCUT2D eigenvalue weighted by molar-refractivity contribution is 0.414. The number of aromatic nitrogens is 2. The summed E-state index contributed by atoms with van der Waals surface area (Å²) in [5, 5.41) is 2.72. The number of pyridine rings is 1. The number of hydrogen-bond donors (Lipinski definition) is 1. The van der Waals surface area contributed by atoms with Gasteiger partial charge in [0.2, 0.25) is 0 Å². The van der Waals surface area contributed by atoms with E-state index in [4.69, 9.17) is 16.3 Å². The molecule has 2 heterocycles. The van der Waals surface area contributed by atoms with Crippen LogP contribution >= 0.6 is 11.6 Å². The number of rotatable bonds is 3. The molecule has 0 atom stereocenters. The Hall–Kier alpha value is -2.78. The van der Waals surface area contributed by atoms with Gasteiger partial charge in [-0.25, -0.2) is 4.98 Å². The normalized spacial score (nSPS) is 11.1. The van der Waals surface area contributed by atoms with Crippen LogP contribution in [-0.2, 0) is 0 Å². The second kappa shape index (κ2) is 5.69. The average molecular weight is 335 g/mol. The monoisotopic (exact) mass is 334 g/mol. The van der Waals surface area contributed by atoms with Crippen LogP contribution in [0.5, 0.6) is 5.75 Å². The zero-order valence-corrected chi connectivity index (χ0v) is 13.9. The molecule has 0 amide bonds. The van der Waals surface area contributed by atoms with E-state index in [1.165, 1.54) is 0 Å². The van der Waals surface area contributed by atoms with Crippen molar-refractivity contribution in [3.63, 3.8) is 0 Å². The highest BCUT2D eigenvalue weighted by molar-refractivity contribution is 6.31. The second-order valence-corrected chi connectivity index (χ2v) is 6.08. The van der Waals surface area contributed by atoms with Crippen LogP contribution in [0.2, 0.25) is 5.02 Å². The minimum Gasteiger partial charge on any atom is -0.497 e. The Balaban J connectivity index is 1.85. The first-order chi connectivity index (χ1) is 11.7. The summed E-state index contributed by atoms with van der Waals surface area (Å²) < 4.78 is 5.30. The molecule has 4 heteroatoms. The topological polar surface area (TPSA) is 37.9 Å². The molecule has 0 radical (unpaired) electrons. The van der Waals surface area contributed by atoms with E-state index in [1.54, 1.807) is 13.3 Å². The minimum absolute atomic E-state index is 0.625. The van der Waals surface area contributed by atoms with E-state index in [1.807, 2.05) is 36.4 Å². The van der Waals surface area contributed by atoms with Gasteiger partial charge in [0.25, 0.3) is 0 Å². The molecule has 0 saturated heterocycles. The lowest BCUT2D eigenvalue weighted by Crippen LogP contribution is -1.88. The Kier molecular flexibility index (Phi) is 3.51. The van der Waals surface area contributed by atoms with E-state index < -0.39 is 0 Å². The van der Waals surface area contributed by atoms with Gasteiger partial charge in [0.05, 0.1) is 12.1 Å². The first-order valence-electron chi connectivity index (χ1n) is 7.56. The molecule has 2 aromatic heterocycles. The largest absolute Gasteiger partial charge is 0.497 e. The molecule has 0 aliphatic heterocycles. The van der Waals surface area contributed by atoms with Crippen molar-refractivity contribution in [1.29, 1.82) is 0 Å². The van der Waals surface area contributed by atoms with Gasteiger partial charge in [-0.2, -0.15) is 0 Å². The SMILES string of the molecule is C=C(c1cccc(OC)c1)c1ccc2[nH]c3ncc(Cl)cc3c2c1. The van der Waals surface area contributed by atoms with Crippen molar-refractivity contribution < 1.29 is 4.74 Å². The Labute approximate surface area is 144 Å². The van der Waals surface area contributed by atoms with Gasteiger partial charge in [-0.05, 0) is 47.0 Å². The van der Waals surface area contributed by atoms with E-state index in [9.17, 15) is 0 Å². The van der Waals surface area contributed by atoms with Gasteiger partial charge < -0.3 is 9.72 Å². The molecule has 0 unspecified atom stereocenters. The summed E-state index contributed by atoms with van der Waals surface area (Å²) in [5.41, 5.74) is 4.89. The molecular weight excluding hydrogens is 320 g/mol.